The number of nitriles is 4. The van der Waals surface area contributed by atoms with Crippen molar-refractivity contribution >= 4 is 17.6 Å². The van der Waals surface area contributed by atoms with Gasteiger partial charge < -0.3 is 0 Å². The highest BCUT2D eigenvalue weighted by Crippen LogP contribution is 2.41. The molecule has 0 aliphatic carbocycles. The Morgan fingerprint density at radius 2 is 1.85 bits per heavy atom. The first-order valence-corrected chi connectivity index (χ1v) is 4.16. The van der Waals surface area contributed by atoms with E-state index in [0.29, 0.717) is 0 Å². The molecule has 58 valence electrons. The molecule has 1 unspecified atom stereocenters. The van der Waals surface area contributed by atoms with Crippen LogP contribution in [0.3, 0.4) is 0 Å². The molecule has 6 heteroatoms. The van der Waals surface area contributed by atoms with Crippen molar-refractivity contribution in [3.05, 3.63) is 10.5 Å². The Balaban J connectivity index is 3.15. The standard InChI is InChI=1S/C7HBN4S/c9-1-5-6(2-10)8(4-12)13-7(5)3-11/h6H. The first kappa shape index (κ1) is 9.20. The maximum atomic E-state index is 8.67. The summed E-state index contributed by atoms with van der Waals surface area (Å²) in [5.74, 6) is 0.519. The second kappa shape index (κ2) is 3.68. The minimum Gasteiger partial charge on any atom is -0.211 e. The Hall–Kier alpha value is -1.89. The van der Waals surface area contributed by atoms with Crippen LogP contribution in [0.25, 0.3) is 0 Å². The third-order valence-corrected chi connectivity index (χ3v) is 2.77. The molecule has 0 aromatic rings. The van der Waals surface area contributed by atoms with Gasteiger partial charge in [0.15, 0.2) is 0 Å². The number of nitrogens with zero attached hydrogens (tertiary/aromatic N) is 4. The molecule has 0 aromatic heterocycles. The van der Waals surface area contributed by atoms with Crippen molar-refractivity contribution in [2.75, 3.05) is 0 Å². The smallest absolute Gasteiger partial charge is 0.211 e. The van der Waals surface area contributed by atoms with Crippen LogP contribution in [-0.4, -0.2) is 5.99 Å². The van der Waals surface area contributed by atoms with Gasteiger partial charge in [-0.05, 0) is 0 Å². The van der Waals surface area contributed by atoms with Crippen LogP contribution in [0, 0.1) is 45.2 Å². The third kappa shape index (κ3) is 1.36. The first-order valence-electron chi connectivity index (χ1n) is 3.28. The lowest BCUT2D eigenvalue weighted by Gasteiger charge is -1.96. The van der Waals surface area contributed by atoms with Crippen molar-refractivity contribution in [3.8, 4) is 24.2 Å². The molecule has 4 nitrogen and oxygen atoms in total. The molecule has 0 saturated heterocycles. The van der Waals surface area contributed by atoms with Gasteiger partial charge >= 0.3 is 5.99 Å². The van der Waals surface area contributed by atoms with E-state index in [4.69, 9.17) is 21.0 Å². The molecule has 1 atom stereocenters. The first-order chi connectivity index (χ1) is 6.28. The van der Waals surface area contributed by atoms with Crippen LogP contribution in [0.15, 0.2) is 10.5 Å². The minimum absolute atomic E-state index is 0.126. The fraction of sp³-hybridized carbons (Fsp3) is 0.143. The third-order valence-electron chi connectivity index (χ3n) is 1.59. The largest absolute Gasteiger partial charge is 0.359 e. The lowest BCUT2D eigenvalue weighted by atomic mass is 9.62. The van der Waals surface area contributed by atoms with Crippen LogP contribution < -0.4 is 0 Å². The number of rotatable bonds is 0. The molecule has 13 heavy (non-hydrogen) atoms. The van der Waals surface area contributed by atoms with E-state index < -0.39 is 11.8 Å². The highest BCUT2D eigenvalue weighted by molar-refractivity contribution is 8.30. The van der Waals surface area contributed by atoms with Crippen molar-refractivity contribution < 1.29 is 0 Å². The van der Waals surface area contributed by atoms with Gasteiger partial charge in [0.25, 0.3) is 0 Å². The summed E-state index contributed by atoms with van der Waals surface area (Å²) < 4.78 is 0. The number of allylic oxidation sites excluding steroid dienone is 2. The van der Waals surface area contributed by atoms with Crippen LogP contribution >= 0.6 is 11.6 Å². The molecule has 1 heterocycles. The van der Waals surface area contributed by atoms with Gasteiger partial charge in [0, 0.05) is 5.97 Å². The molecule has 0 amide bonds. The van der Waals surface area contributed by atoms with Crippen molar-refractivity contribution in [1.82, 2.24) is 0 Å². The topological polar surface area (TPSA) is 95.2 Å². The highest BCUT2D eigenvalue weighted by atomic mass is 32.2. The van der Waals surface area contributed by atoms with Crippen LogP contribution in [0.4, 0.5) is 0 Å². The van der Waals surface area contributed by atoms with Gasteiger partial charge in [0.2, 0.25) is 0 Å². The maximum absolute atomic E-state index is 8.67. The average molecular weight is 184 g/mol. The summed E-state index contributed by atoms with van der Waals surface area (Å²) >= 11 is 0.988. The Bertz CT molecular complexity index is 427. The lowest BCUT2D eigenvalue weighted by Crippen LogP contribution is -2.09. The lowest BCUT2D eigenvalue weighted by molar-refractivity contribution is 1.25. The molecule has 0 N–H and O–H groups in total. The maximum Gasteiger partial charge on any atom is 0.359 e. The minimum atomic E-state index is -0.755. The second-order valence-electron chi connectivity index (χ2n) is 2.24. The molecule has 1 aliphatic rings. The normalized spacial score (nSPS) is 20.0. The quantitative estimate of drug-likeness (QED) is 0.522. The Morgan fingerprint density at radius 1 is 1.15 bits per heavy atom. The summed E-state index contributed by atoms with van der Waals surface area (Å²) in [6.45, 7) is 0. The van der Waals surface area contributed by atoms with Crippen molar-refractivity contribution in [3.63, 3.8) is 0 Å². The Morgan fingerprint density at radius 3 is 2.23 bits per heavy atom. The van der Waals surface area contributed by atoms with E-state index in [1.807, 2.05) is 18.1 Å². The zero-order valence-electron chi connectivity index (χ0n) is 6.35. The summed E-state index contributed by atoms with van der Waals surface area (Å²) in [6.07, 6.45) is 0. The fourth-order valence-electron chi connectivity index (χ4n) is 0.991. The second-order valence-corrected chi connectivity index (χ2v) is 3.39. The van der Waals surface area contributed by atoms with E-state index in [1.165, 1.54) is 0 Å². The monoisotopic (exact) mass is 184 g/mol. The van der Waals surface area contributed by atoms with Gasteiger partial charge in [-0.1, -0.05) is 0 Å². The predicted molar refractivity (Wildman–Crippen MR) is 46.6 cm³/mol. The molecule has 1 aliphatic heterocycles. The van der Waals surface area contributed by atoms with E-state index in [1.54, 1.807) is 6.07 Å². The number of hydrogen-bond donors (Lipinski definition) is 0. The van der Waals surface area contributed by atoms with E-state index >= 15 is 0 Å². The van der Waals surface area contributed by atoms with E-state index in [2.05, 4.69) is 0 Å². The molecule has 1 rings (SSSR count). The molecule has 0 spiro atoms. The SMILES string of the molecule is N#CB1SC(C#N)=C(C#N)C1C#N. The molecule has 0 fully saturated rings. The molecule has 0 bridgehead atoms. The van der Waals surface area contributed by atoms with Crippen LogP contribution in [0.1, 0.15) is 0 Å². The van der Waals surface area contributed by atoms with Gasteiger partial charge in [-0.25, -0.2) is 5.26 Å². The van der Waals surface area contributed by atoms with E-state index in [-0.39, 0.29) is 10.5 Å². The van der Waals surface area contributed by atoms with Gasteiger partial charge in [-0.15, -0.1) is 11.6 Å². The van der Waals surface area contributed by atoms with Crippen LogP contribution in [0.2, 0.25) is 5.82 Å². The predicted octanol–water partition coefficient (Wildman–Crippen LogP) is 0.983. The van der Waals surface area contributed by atoms with Crippen molar-refractivity contribution in [2.45, 2.75) is 5.82 Å². The Kier molecular flexibility index (Phi) is 2.60. The molecular formula is C7HBN4S. The van der Waals surface area contributed by atoms with Gasteiger partial charge in [-0.2, -0.15) is 15.8 Å². The zero-order chi connectivity index (χ0) is 9.84. The summed E-state index contributed by atoms with van der Waals surface area (Å²) in [5, 5.41) is 34.5. The van der Waals surface area contributed by atoms with E-state index in [9.17, 15) is 0 Å². The zero-order valence-corrected chi connectivity index (χ0v) is 7.17. The molecule has 0 saturated carbocycles. The molecule has 0 radical (unpaired) electrons. The van der Waals surface area contributed by atoms with E-state index in [0.717, 1.165) is 11.6 Å². The van der Waals surface area contributed by atoms with Crippen LogP contribution in [0.5, 0.6) is 0 Å². The van der Waals surface area contributed by atoms with Crippen molar-refractivity contribution in [1.29, 1.82) is 21.0 Å². The molecular weight excluding hydrogens is 183 g/mol. The van der Waals surface area contributed by atoms with Crippen molar-refractivity contribution in [2.24, 2.45) is 0 Å². The number of hydrogen-bond acceptors (Lipinski definition) is 5. The van der Waals surface area contributed by atoms with Gasteiger partial charge in [0.05, 0.1) is 28.4 Å². The summed E-state index contributed by atoms with van der Waals surface area (Å²) in [7, 11) is 0. The van der Waals surface area contributed by atoms with Crippen LogP contribution in [-0.2, 0) is 0 Å². The average Bonchev–Trinajstić information content (AvgIpc) is 2.54. The fourth-order valence-corrected chi connectivity index (χ4v) is 1.98. The summed E-state index contributed by atoms with van der Waals surface area (Å²) in [4.78, 5) is 0.195. The Labute approximate surface area is 79.6 Å². The summed E-state index contributed by atoms with van der Waals surface area (Å²) in [5.41, 5.74) is 0.126. The highest BCUT2D eigenvalue weighted by Gasteiger charge is 2.40. The summed E-state index contributed by atoms with van der Waals surface area (Å²) in [6, 6.07) is 5.46. The van der Waals surface area contributed by atoms with Gasteiger partial charge in [0.1, 0.15) is 6.07 Å². The molecule has 0 aromatic carbocycles. The van der Waals surface area contributed by atoms with Gasteiger partial charge in [-0.3, -0.25) is 0 Å².